The molecule has 0 radical (unpaired) electrons. The van der Waals surface area contributed by atoms with Crippen LogP contribution < -0.4 is 5.73 Å². The third kappa shape index (κ3) is 2.54. The van der Waals surface area contributed by atoms with Crippen LogP contribution in [0.2, 0.25) is 0 Å². The second-order valence-electron chi connectivity index (χ2n) is 3.89. The Bertz CT molecular complexity index is 478. The summed E-state index contributed by atoms with van der Waals surface area (Å²) in [5.41, 5.74) is 8.39. The first-order chi connectivity index (χ1) is 7.66. The number of hydrogen-bond acceptors (Lipinski definition) is 2. The third-order valence-electron chi connectivity index (χ3n) is 2.58. The zero-order valence-corrected chi connectivity index (χ0v) is 10.7. The molecule has 1 unspecified atom stereocenters. The van der Waals surface area contributed by atoms with E-state index in [1.165, 1.54) is 5.56 Å². The van der Waals surface area contributed by atoms with Gasteiger partial charge < -0.3 is 10.2 Å². The Morgan fingerprint density at radius 1 is 1.38 bits per heavy atom. The second-order valence-corrected chi connectivity index (χ2v) is 4.75. The zero-order chi connectivity index (χ0) is 11.5. The van der Waals surface area contributed by atoms with Crippen molar-refractivity contribution in [3.8, 4) is 0 Å². The van der Waals surface area contributed by atoms with Gasteiger partial charge in [0, 0.05) is 16.1 Å². The molecule has 16 heavy (non-hydrogen) atoms. The lowest BCUT2D eigenvalue weighted by Gasteiger charge is -2.10. The van der Waals surface area contributed by atoms with E-state index in [9.17, 15) is 0 Å². The molecule has 0 amide bonds. The summed E-state index contributed by atoms with van der Waals surface area (Å²) in [5, 5.41) is 0. The lowest BCUT2D eigenvalue weighted by atomic mass is 10.0. The van der Waals surface area contributed by atoms with Crippen molar-refractivity contribution >= 4 is 15.9 Å². The number of nitrogens with two attached hydrogens (primary N) is 1. The number of rotatable bonds is 3. The van der Waals surface area contributed by atoms with Crippen LogP contribution in [-0.2, 0) is 6.42 Å². The van der Waals surface area contributed by atoms with Crippen molar-refractivity contribution in [1.82, 2.24) is 0 Å². The van der Waals surface area contributed by atoms with Crippen molar-refractivity contribution in [2.45, 2.75) is 19.4 Å². The van der Waals surface area contributed by atoms with E-state index in [1.54, 1.807) is 6.26 Å². The topological polar surface area (TPSA) is 39.2 Å². The van der Waals surface area contributed by atoms with E-state index < -0.39 is 0 Å². The summed E-state index contributed by atoms with van der Waals surface area (Å²) in [7, 11) is 0. The molecule has 0 aliphatic rings. The van der Waals surface area contributed by atoms with Gasteiger partial charge in [-0.3, -0.25) is 0 Å². The number of hydrogen-bond donors (Lipinski definition) is 1. The minimum Gasteiger partial charge on any atom is -0.469 e. The normalized spacial score (nSPS) is 12.7. The summed E-state index contributed by atoms with van der Waals surface area (Å²) in [6.45, 7) is 1.93. The summed E-state index contributed by atoms with van der Waals surface area (Å²) in [4.78, 5) is 0. The molecule has 0 aliphatic heterocycles. The van der Waals surface area contributed by atoms with E-state index in [-0.39, 0.29) is 6.04 Å². The van der Waals surface area contributed by atoms with Crippen molar-refractivity contribution in [3.05, 3.63) is 58.0 Å². The highest BCUT2D eigenvalue weighted by molar-refractivity contribution is 9.10. The minimum absolute atomic E-state index is 0.0175. The predicted molar refractivity (Wildman–Crippen MR) is 68.2 cm³/mol. The highest BCUT2D eigenvalue weighted by Crippen LogP contribution is 2.23. The lowest BCUT2D eigenvalue weighted by molar-refractivity contribution is 0.528. The van der Waals surface area contributed by atoms with Crippen LogP contribution >= 0.6 is 15.9 Å². The Kier molecular flexibility index (Phi) is 3.46. The monoisotopic (exact) mass is 279 g/mol. The van der Waals surface area contributed by atoms with Crippen LogP contribution in [-0.4, -0.2) is 0 Å². The molecule has 2 rings (SSSR count). The molecule has 1 aromatic heterocycles. The molecule has 1 aromatic carbocycles. The van der Waals surface area contributed by atoms with Crippen molar-refractivity contribution < 1.29 is 4.42 Å². The maximum Gasteiger partial charge on any atom is 0.101 e. The molecular weight excluding hydrogens is 266 g/mol. The molecule has 0 bridgehead atoms. The fourth-order valence-corrected chi connectivity index (χ4v) is 2.12. The Morgan fingerprint density at radius 2 is 2.12 bits per heavy atom. The van der Waals surface area contributed by atoms with Gasteiger partial charge in [0.25, 0.3) is 0 Å². The maximum absolute atomic E-state index is 6.13. The van der Waals surface area contributed by atoms with Gasteiger partial charge in [-0.2, -0.15) is 0 Å². The molecule has 1 heterocycles. The van der Waals surface area contributed by atoms with Crippen LogP contribution in [0.15, 0.2) is 45.5 Å². The van der Waals surface area contributed by atoms with Gasteiger partial charge in [-0.05, 0) is 31.0 Å². The first-order valence-corrected chi connectivity index (χ1v) is 6.00. The molecule has 2 N–H and O–H groups in total. The number of furan rings is 1. The Labute approximate surface area is 104 Å². The molecule has 0 saturated carbocycles. The molecule has 2 nitrogen and oxygen atoms in total. The van der Waals surface area contributed by atoms with Gasteiger partial charge in [-0.1, -0.05) is 34.1 Å². The first kappa shape index (κ1) is 11.4. The van der Waals surface area contributed by atoms with Crippen molar-refractivity contribution in [1.29, 1.82) is 0 Å². The van der Waals surface area contributed by atoms with E-state index in [1.807, 2.05) is 31.2 Å². The number of halogens is 1. The maximum atomic E-state index is 6.13. The fourth-order valence-electron chi connectivity index (χ4n) is 1.68. The SMILES string of the molecule is Cc1cc(C(N)Cc2ccccc2Br)co1. The van der Waals surface area contributed by atoms with Gasteiger partial charge in [0.2, 0.25) is 0 Å². The standard InChI is InChI=1S/C13H14BrNO/c1-9-6-11(8-16-9)13(15)7-10-4-2-3-5-12(10)14/h2-6,8,13H,7,15H2,1H3. The van der Waals surface area contributed by atoms with Crippen LogP contribution in [0.3, 0.4) is 0 Å². The number of aryl methyl sites for hydroxylation is 1. The van der Waals surface area contributed by atoms with Gasteiger partial charge in [0.15, 0.2) is 0 Å². The third-order valence-corrected chi connectivity index (χ3v) is 3.35. The van der Waals surface area contributed by atoms with Crippen LogP contribution in [0.5, 0.6) is 0 Å². The molecule has 2 aromatic rings. The Morgan fingerprint density at radius 3 is 2.75 bits per heavy atom. The van der Waals surface area contributed by atoms with E-state index in [2.05, 4.69) is 22.0 Å². The van der Waals surface area contributed by atoms with Gasteiger partial charge >= 0.3 is 0 Å². The largest absolute Gasteiger partial charge is 0.469 e. The van der Waals surface area contributed by atoms with Gasteiger partial charge in [0.1, 0.15) is 5.76 Å². The molecule has 0 saturated heterocycles. The highest BCUT2D eigenvalue weighted by atomic mass is 79.9. The van der Waals surface area contributed by atoms with Crippen LogP contribution in [0.1, 0.15) is 22.9 Å². The summed E-state index contributed by atoms with van der Waals surface area (Å²) >= 11 is 3.52. The minimum atomic E-state index is -0.0175. The smallest absolute Gasteiger partial charge is 0.101 e. The summed E-state index contributed by atoms with van der Waals surface area (Å²) in [5.74, 6) is 0.901. The predicted octanol–water partition coefficient (Wildman–Crippen LogP) is 3.59. The number of benzene rings is 1. The summed E-state index contributed by atoms with van der Waals surface area (Å²) < 4.78 is 6.36. The van der Waals surface area contributed by atoms with E-state index in [0.717, 1.165) is 22.2 Å². The average Bonchev–Trinajstić information content (AvgIpc) is 2.68. The van der Waals surface area contributed by atoms with Crippen molar-refractivity contribution in [2.24, 2.45) is 5.73 Å². The molecule has 84 valence electrons. The van der Waals surface area contributed by atoms with Crippen LogP contribution in [0, 0.1) is 6.92 Å². The van der Waals surface area contributed by atoms with E-state index >= 15 is 0 Å². The van der Waals surface area contributed by atoms with Crippen molar-refractivity contribution in [3.63, 3.8) is 0 Å². The Hall–Kier alpha value is -1.06. The van der Waals surface area contributed by atoms with Gasteiger partial charge in [-0.25, -0.2) is 0 Å². The van der Waals surface area contributed by atoms with Gasteiger partial charge in [-0.15, -0.1) is 0 Å². The Balaban J connectivity index is 2.13. The quantitative estimate of drug-likeness (QED) is 0.933. The molecular formula is C13H14BrNO. The van der Waals surface area contributed by atoms with Gasteiger partial charge in [0.05, 0.1) is 6.26 Å². The molecule has 0 spiro atoms. The lowest BCUT2D eigenvalue weighted by Crippen LogP contribution is -2.12. The second kappa shape index (κ2) is 4.85. The van der Waals surface area contributed by atoms with Crippen LogP contribution in [0.25, 0.3) is 0 Å². The summed E-state index contributed by atoms with van der Waals surface area (Å²) in [6.07, 6.45) is 2.54. The average molecular weight is 280 g/mol. The van der Waals surface area contributed by atoms with Crippen LogP contribution in [0.4, 0.5) is 0 Å². The zero-order valence-electron chi connectivity index (χ0n) is 9.11. The molecule has 0 aliphatic carbocycles. The molecule has 1 atom stereocenters. The first-order valence-electron chi connectivity index (χ1n) is 5.21. The fraction of sp³-hybridized carbons (Fsp3) is 0.231. The molecule has 0 fully saturated rings. The highest BCUT2D eigenvalue weighted by Gasteiger charge is 2.11. The molecule has 3 heteroatoms. The van der Waals surface area contributed by atoms with E-state index in [0.29, 0.717) is 0 Å². The summed E-state index contributed by atoms with van der Waals surface area (Å²) in [6, 6.07) is 10.1. The van der Waals surface area contributed by atoms with Crippen molar-refractivity contribution in [2.75, 3.05) is 0 Å². The van der Waals surface area contributed by atoms with E-state index in [4.69, 9.17) is 10.2 Å².